The van der Waals surface area contributed by atoms with Gasteiger partial charge in [-0.25, -0.2) is 17.5 Å². The molecule has 1 aliphatic rings. The van der Waals surface area contributed by atoms with Crippen LogP contribution in [0.1, 0.15) is 48.3 Å². The Hall–Kier alpha value is -3.20. The van der Waals surface area contributed by atoms with E-state index in [9.17, 15) is 35.6 Å². The quantitative estimate of drug-likeness (QED) is 0.325. The maximum atomic E-state index is 13.8. The van der Waals surface area contributed by atoms with E-state index in [0.29, 0.717) is 24.3 Å². The van der Waals surface area contributed by atoms with Crippen molar-refractivity contribution in [1.29, 1.82) is 0 Å². The highest BCUT2D eigenvalue weighted by molar-refractivity contribution is 7.91. The molecule has 2 amide bonds. The first-order chi connectivity index (χ1) is 18.0. The number of halogens is 4. The van der Waals surface area contributed by atoms with Gasteiger partial charge in [-0.2, -0.15) is 5.10 Å². The van der Waals surface area contributed by atoms with E-state index < -0.39 is 46.0 Å². The third-order valence-electron chi connectivity index (χ3n) is 5.45. The van der Waals surface area contributed by atoms with Crippen LogP contribution in [0.3, 0.4) is 0 Å². The molecule has 216 valence electrons. The molecule has 0 atom stereocenters. The number of aryl methyl sites for hydroxylation is 3. The van der Waals surface area contributed by atoms with Gasteiger partial charge >= 0.3 is 6.36 Å². The van der Waals surface area contributed by atoms with Crippen LogP contribution < -0.4 is 15.4 Å². The van der Waals surface area contributed by atoms with Crippen molar-refractivity contribution in [2.75, 3.05) is 35.9 Å². The monoisotopic (exact) mass is 578 g/mol. The Balaban J connectivity index is 1.90. The number of alkyl halides is 4. The van der Waals surface area contributed by atoms with Gasteiger partial charge in [-0.05, 0) is 63.3 Å². The summed E-state index contributed by atoms with van der Waals surface area (Å²) in [5, 5.41) is 9.51. The molecule has 39 heavy (non-hydrogen) atoms. The number of fused-ring (bicyclic) bond motifs is 2. The maximum absolute atomic E-state index is 13.8. The summed E-state index contributed by atoms with van der Waals surface area (Å²) >= 11 is 0. The van der Waals surface area contributed by atoms with Crippen molar-refractivity contribution in [3.63, 3.8) is 0 Å². The Morgan fingerprint density at radius 2 is 1.92 bits per heavy atom. The molecule has 0 unspecified atom stereocenters. The summed E-state index contributed by atoms with van der Waals surface area (Å²) in [5.41, 5.74) is -0.119. The van der Waals surface area contributed by atoms with Crippen LogP contribution in [-0.4, -0.2) is 67.3 Å². The fourth-order valence-corrected chi connectivity index (χ4v) is 4.45. The molecule has 0 saturated carbocycles. The van der Waals surface area contributed by atoms with Crippen molar-refractivity contribution in [3.8, 4) is 5.75 Å². The van der Waals surface area contributed by atoms with Crippen molar-refractivity contribution in [2.24, 2.45) is 0 Å². The Labute approximate surface area is 223 Å². The average Bonchev–Trinajstić information content (AvgIpc) is 3.12. The second-order valence-electron chi connectivity index (χ2n) is 9.79. The summed E-state index contributed by atoms with van der Waals surface area (Å²) in [6, 6.07) is 4.86. The Bertz CT molecular complexity index is 1320. The SMILES string of the molecule is CC(C)(F)COc1ccc2c(c1)CCCc1nn(CCCOC(F)(F)F)c(NC(=O)CS(C)(=O)=O)c1C(=O)N2. The van der Waals surface area contributed by atoms with Gasteiger partial charge in [0.2, 0.25) is 5.91 Å². The third kappa shape index (κ3) is 9.49. The maximum Gasteiger partial charge on any atom is 0.522 e. The zero-order chi connectivity index (χ0) is 29.0. The summed E-state index contributed by atoms with van der Waals surface area (Å²) in [5.74, 6) is -2.16. The fourth-order valence-electron chi connectivity index (χ4n) is 3.90. The Kier molecular flexibility index (Phi) is 9.26. The summed E-state index contributed by atoms with van der Waals surface area (Å²) in [7, 11) is -3.71. The lowest BCUT2D eigenvalue weighted by atomic mass is 10.0. The van der Waals surface area contributed by atoms with Crippen molar-refractivity contribution in [3.05, 3.63) is 35.0 Å². The lowest BCUT2D eigenvalue weighted by Crippen LogP contribution is -2.26. The van der Waals surface area contributed by atoms with E-state index in [2.05, 4.69) is 20.5 Å². The number of hydrogen-bond acceptors (Lipinski definition) is 7. The molecule has 0 saturated heterocycles. The first kappa shape index (κ1) is 30.3. The fraction of sp³-hybridized carbons (Fsp3) is 0.542. The molecule has 3 rings (SSSR count). The van der Waals surface area contributed by atoms with E-state index in [1.165, 1.54) is 18.5 Å². The molecular weight excluding hydrogens is 548 g/mol. The first-order valence-electron chi connectivity index (χ1n) is 12.0. The minimum atomic E-state index is -4.82. The molecule has 2 aromatic rings. The van der Waals surface area contributed by atoms with Gasteiger partial charge in [-0.1, -0.05) is 0 Å². The molecule has 1 aromatic heterocycles. The average molecular weight is 579 g/mol. The minimum absolute atomic E-state index is 0.0269. The van der Waals surface area contributed by atoms with Crippen LogP contribution in [0.4, 0.5) is 29.1 Å². The highest BCUT2D eigenvalue weighted by Crippen LogP contribution is 2.30. The molecule has 2 N–H and O–H groups in total. The van der Waals surface area contributed by atoms with Crippen LogP contribution in [0.2, 0.25) is 0 Å². The highest BCUT2D eigenvalue weighted by atomic mass is 32.2. The number of anilines is 2. The number of carbonyl (C=O) groups is 2. The molecule has 0 spiro atoms. The van der Waals surface area contributed by atoms with Crippen LogP contribution in [0.25, 0.3) is 0 Å². The van der Waals surface area contributed by atoms with Gasteiger partial charge in [0.1, 0.15) is 35.2 Å². The zero-order valence-corrected chi connectivity index (χ0v) is 22.5. The van der Waals surface area contributed by atoms with E-state index in [4.69, 9.17) is 4.74 Å². The second-order valence-corrected chi connectivity index (χ2v) is 11.9. The molecule has 10 nitrogen and oxygen atoms in total. The molecule has 0 radical (unpaired) electrons. The Morgan fingerprint density at radius 3 is 2.56 bits per heavy atom. The number of benzene rings is 1. The van der Waals surface area contributed by atoms with E-state index in [-0.39, 0.29) is 43.1 Å². The van der Waals surface area contributed by atoms with Gasteiger partial charge in [0.25, 0.3) is 5.91 Å². The summed E-state index contributed by atoms with van der Waals surface area (Å²) in [6.45, 7) is 1.78. The minimum Gasteiger partial charge on any atom is -0.490 e. The lowest BCUT2D eigenvalue weighted by Gasteiger charge is -2.17. The molecule has 2 heterocycles. The van der Waals surface area contributed by atoms with Gasteiger partial charge in [0, 0.05) is 18.5 Å². The van der Waals surface area contributed by atoms with Gasteiger partial charge in [0.05, 0.1) is 12.3 Å². The van der Waals surface area contributed by atoms with Crippen LogP contribution in [0.5, 0.6) is 5.75 Å². The van der Waals surface area contributed by atoms with E-state index in [1.54, 1.807) is 18.2 Å². The molecule has 0 bridgehead atoms. The topological polar surface area (TPSA) is 129 Å². The number of sulfone groups is 1. The molecule has 1 aromatic carbocycles. The lowest BCUT2D eigenvalue weighted by molar-refractivity contribution is -0.324. The van der Waals surface area contributed by atoms with Crippen molar-refractivity contribution < 1.29 is 45.0 Å². The molecule has 15 heteroatoms. The summed E-state index contributed by atoms with van der Waals surface area (Å²) in [6.07, 6.45) is -2.86. The predicted octanol–water partition coefficient (Wildman–Crippen LogP) is 3.66. The number of nitrogens with one attached hydrogen (secondary N) is 2. The van der Waals surface area contributed by atoms with E-state index >= 15 is 0 Å². The standard InChI is InChI=1S/C24H30F4N4O6S/c1-23(2,25)14-37-16-8-9-17-15(12-16)6-4-7-18-20(22(34)29-17)21(30-19(33)13-39(3,35)36)32(31-18)10-5-11-38-24(26,27)28/h8-9,12H,4-7,10-11,13-14H2,1-3H3,(H,29,34)(H,30,33). The van der Waals surface area contributed by atoms with Gasteiger partial charge in [0.15, 0.2) is 9.84 Å². The summed E-state index contributed by atoms with van der Waals surface area (Å²) in [4.78, 5) is 25.8. The number of nitrogens with zero attached hydrogens (tertiary/aromatic N) is 2. The van der Waals surface area contributed by atoms with Crippen LogP contribution >= 0.6 is 0 Å². The number of ether oxygens (including phenoxy) is 2. The van der Waals surface area contributed by atoms with Crippen LogP contribution in [0.15, 0.2) is 18.2 Å². The van der Waals surface area contributed by atoms with Gasteiger partial charge in [-0.3, -0.25) is 14.3 Å². The van der Waals surface area contributed by atoms with Crippen LogP contribution in [-0.2, 0) is 38.8 Å². The summed E-state index contributed by atoms with van der Waals surface area (Å²) < 4.78 is 84.6. The number of hydrogen-bond donors (Lipinski definition) is 2. The van der Waals surface area contributed by atoms with Gasteiger partial charge < -0.3 is 15.4 Å². The predicted molar refractivity (Wildman–Crippen MR) is 134 cm³/mol. The van der Waals surface area contributed by atoms with Crippen molar-refractivity contribution in [2.45, 2.75) is 58.1 Å². The molecular formula is C24H30F4N4O6S. The second kappa shape index (κ2) is 11.9. The number of aromatic nitrogens is 2. The normalized spacial score (nSPS) is 14.4. The first-order valence-corrected chi connectivity index (χ1v) is 14.1. The van der Waals surface area contributed by atoms with E-state index in [0.717, 1.165) is 11.8 Å². The van der Waals surface area contributed by atoms with Gasteiger partial charge in [-0.15, -0.1) is 13.2 Å². The van der Waals surface area contributed by atoms with Crippen molar-refractivity contribution >= 4 is 33.2 Å². The molecule has 1 aliphatic heterocycles. The third-order valence-corrected chi connectivity index (χ3v) is 6.24. The van der Waals surface area contributed by atoms with Crippen LogP contribution in [0, 0.1) is 0 Å². The van der Waals surface area contributed by atoms with E-state index in [1.807, 2.05) is 0 Å². The number of rotatable bonds is 10. The molecule has 0 aliphatic carbocycles. The number of amides is 2. The zero-order valence-electron chi connectivity index (χ0n) is 21.7. The number of carbonyl (C=O) groups excluding carboxylic acids is 2. The molecule has 0 fully saturated rings. The highest BCUT2D eigenvalue weighted by Gasteiger charge is 2.30. The smallest absolute Gasteiger partial charge is 0.490 e. The largest absolute Gasteiger partial charge is 0.522 e. The Morgan fingerprint density at radius 1 is 1.21 bits per heavy atom. The van der Waals surface area contributed by atoms with Crippen molar-refractivity contribution in [1.82, 2.24) is 9.78 Å².